The Bertz CT molecular complexity index is 1430. The number of benzene rings is 2. The van der Waals surface area contributed by atoms with Crippen LogP contribution in [0.15, 0.2) is 70.8 Å². The number of nitrogens with one attached hydrogen (secondary N) is 1. The molecule has 33 heavy (non-hydrogen) atoms. The maximum absolute atomic E-state index is 13.8. The highest BCUT2D eigenvalue weighted by Crippen LogP contribution is 2.30. The van der Waals surface area contributed by atoms with Gasteiger partial charge in [-0.1, -0.05) is 36.4 Å². The summed E-state index contributed by atoms with van der Waals surface area (Å²) >= 11 is 1.08. The van der Waals surface area contributed by atoms with Crippen molar-refractivity contribution in [3.05, 3.63) is 93.5 Å². The van der Waals surface area contributed by atoms with E-state index < -0.39 is 23.3 Å². The van der Waals surface area contributed by atoms with Crippen molar-refractivity contribution in [3.8, 4) is 5.69 Å². The number of nitrogens with zero attached hydrogens (tertiary/aromatic N) is 2. The lowest BCUT2D eigenvalue weighted by Crippen LogP contribution is -2.25. The number of hydrogen-bond donors (Lipinski definition) is 1. The number of halogens is 1. The van der Waals surface area contributed by atoms with E-state index >= 15 is 0 Å². The van der Waals surface area contributed by atoms with Crippen molar-refractivity contribution in [1.82, 2.24) is 9.78 Å². The molecule has 0 bridgehead atoms. The molecule has 1 N–H and O–H groups in total. The molecule has 0 unspecified atom stereocenters. The van der Waals surface area contributed by atoms with Crippen LogP contribution in [-0.2, 0) is 9.53 Å². The summed E-state index contributed by atoms with van der Waals surface area (Å²) in [5.41, 5.74) is 0.269. The lowest BCUT2D eigenvalue weighted by atomic mass is 10.2. The molecule has 0 atom stereocenters. The van der Waals surface area contributed by atoms with Crippen LogP contribution >= 0.6 is 11.3 Å². The van der Waals surface area contributed by atoms with Crippen molar-refractivity contribution in [1.29, 1.82) is 0 Å². The summed E-state index contributed by atoms with van der Waals surface area (Å²) in [6, 6.07) is 14.5. The van der Waals surface area contributed by atoms with Gasteiger partial charge in [0.15, 0.2) is 5.69 Å². The number of thiophene rings is 1. The largest absolute Gasteiger partial charge is 0.461 e. The number of amides is 1. The lowest BCUT2D eigenvalue weighted by Gasteiger charge is -2.09. The number of aromatic nitrogens is 2. The van der Waals surface area contributed by atoms with Crippen LogP contribution in [0.2, 0.25) is 0 Å². The normalized spacial score (nSPS) is 11.1. The number of fused-ring (bicyclic) bond motifs is 1. The first-order chi connectivity index (χ1) is 16.0. The average Bonchev–Trinajstić information content (AvgIpc) is 3.23. The van der Waals surface area contributed by atoms with Crippen LogP contribution in [-0.4, -0.2) is 28.3 Å². The summed E-state index contributed by atoms with van der Waals surface area (Å²) in [5, 5.41) is 8.97. The summed E-state index contributed by atoms with van der Waals surface area (Å²) in [5.74, 6) is -1.75. The van der Waals surface area contributed by atoms with Crippen molar-refractivity contribution >= 4 is 45.1 Å². The maximum Gasteiger partial charge on any atom is 0.359 e. The van der Waals surface area contributed by atoms with Gasteiger partial charge in [0.25, 0.3) is 5.56 Å². The molecule has 0 aliphatic rings. The van der Waals surface area contributed by atoms with Crippen molar-refractivity contribution in [2.75, 3.05) is 11.9 Å². The number of ether oxygens (including phenoxy) is 1. The van der Waals surface area contributed by atoms with Gasteiger partial charge >= 0.3 is 5.97 Å². The van der Waals surface area contributed by atoms with Gasteiger partial charge in [-0.2, -0.15) is 9.78 Å². The van der Waals surface area contributed by atoms with E-state index in [1.54, 1.807) is 18.4 Å². The Labute approximate surface area is 191 Å². The molecule has 0 saturated heterocycles. The van der Waals surface area contributed by atoms with Crippen LogP contribution in [0.4, 0.5) is 9.39 Å². The van der Waals surface area contributed by atoms with Crippen molar-refractivity contribution in [2.45, 2.75) is 6.92 Å². The molecular formula is C24H18FN3O4S. The minimum Gasteiger partial charge on any atom is -0.461 e. The number of carbonyl (C=O) groups is 2. The minimum atomic E-state index is -0.729. The number of esters is 1. The number of hydrogen-bond acceptors (Lipinski definition) is 6. The fourth-order valence-corrected chi connectivity index (χ4v) is 4.10. The van der Waals surface area contributed by atoms with Crippen LogP contribution in [0.5, 0.6) is 0 Å². The Hall–Kier alpha value is -4.11. The van der Waals surface area contributed by atoms with Gasteiger partial charge in [-0.05, 0) is 36.8 Å². The predicted octanol–water partition coefficient (Wildman–Crippen LogP) is 4.41. The topological polar surface area (TPSA) is 90.3 Å². The van der Waals surface area contributed by atoms with Gasteiger partial charge in [0.2, 0.25) is 5.91 Å². The summed E-state index contributed by atoms with van der Waals surface area (Å²) < 4.78 is 19.8. The molecule has 0 aliphatic heterocycles. The highest BCUT2D eigenvalue weighted by molar-refractivity contribution is 7.16. The summed E-state index contributed by atoms with van der Waals surface area (Å²) in [6.45, 7) is 1.76. The Morgan fingerprint density at radius 2 is 1.97 bits per heavy atom. The van der Waals surface area contributed by atoms with Gasteiger partial charge in [0.1, 0.15) is 10.8 Å². The van der Waals surface area contributed by atoms with Gasteiger partial charge in [0.05, 0.1) is 17.7 Å². The molecule has 9 heteroatoms. The van der Waals surface area contributed by atoms with Crippen molar-refractivity contribution < 1.29 is 18.7 Å². The summed E-state index contributed by atoms with van der Waals surface area (Å²) in [7, 11) is 0. The number of anilines is 1. The van der Waals surface area contributed by atoms with Crippen LogP contribution < -0.4 is 10.9 Å². The minimum absolute atomic E-state index is 0.0868. The molecule has 0 saturated carbocycles. The summed E-state index contributed by atoms with van der Waals surface area (Å²) in [6.07, 6.45) is 2.99. The van der Waals surface area contributed by atoms with E-state index in [9.17, 15) is 18.8 Å². The highest BCUT2D eigenvalue weighted by atomic mass is 32.1. The molecule has 2 heterocycles. The SMILES string of the molecule is CCOC(=O)c1nn(-c2cccc(F)c2)c(=O)c2c(NC(=O)/C=C/c3ccccc3)scc12. The quantitative estimate of drug-likeness (QED) is 0.338. The van der Waals surface area contributed by atoms with Gasteiger partial charge in [-0.3, -0.25) is 9.59 Å². The second-order valence-corrected chi connectivity index (χ2v) is 7.73. The van der Waals surface area contributed by atoms with Crippen molar-refractivity contribution in [2.24, 2.45) is 0 Å². The van der Waals surface area contributed by atoms with E-state index in [0.29, 0.717) is 0 Å². The molecule has 4 aromatic rings. The number of carbonyl (C=O) groups excluding carboxylic acids is 2. The first-order valence-electron chi connectivity index (χ1n) is 9.99. The molecule has 166 valence electrons. The van der Waals surface area contributed by atoms with Gasteiger partial charge < -0.3 is 10.1 Å². The highest BCUT2D eigenvalue weighted by Gasteiger charge is 2.23. The molecule has 2 aromatic carbocycles. The zero-order valence-corrected chi connectivity index (χ0v) is 18.3. The van der Waals surface area contributed by atoms with Crippen LogP contribution in [0.1, 0.15) is 23.0 Å². The molecule has 0 fully saturated rings. The number of rotatable bonds is 6. The molecule has 0 spiro atoms. The second kappa shape index (κ2) is 9.58. The zero-order chi connectivity index (χ0) is 23.4. The smallest absolute Gasteiger partial charge is 0.359 e. The first-order valence-corrected chi connectivity index (χ1v) is 10.9. The third-order valence-electron chi connectivity index (χ3n) is 4.64. The monoisotopic (exact) mass is 463 g/mol. The van der Waals surface area contributed by atoms with Crippen molar-refractivity contribution in [3.63, 3.8) is 0 Å². The molecule has 7 nitrogen and oxygen atoms in total. The molecule has 1 amide bonds. The molecular weight excluding hydrogens is 445 g/mol. The van der Waals surface area contributed by atoms with E-state index in [0.717, 1.165) is 27.6 Å². The maximum atomic E-state index is 13.8. The van der Waals surface area contributed by atoms with Gasteiger partial charge in [-0.25, -0.2) is 9.18 Å². The van der Waals surface area contributed by atoms with Gasteiger partial charge in [0, 0.05) is 16.8 Å². The van der Waals surface area contributed by atoms with Crippen LogP contribution in [0, 0.1) is 5.82 Å². The standard InChI is InChI=1S/C24H18FN3O4S/c1-2-32-24(31)21-18-14-33-22(26-19(29)12-11-15-7-4-3-5-8-15)20(18)23(30)28(27-21)17-10-6-9-16(25)13-17/h3-14H,2H2,1H3,(H,26,29)/b12-11+. The fourth-order valence-electron chi connectivity index (χ4n) is 3.16. The van der Waals surface area contributed by atoms with E-state index in [2.05, 4.69) is 10.4 Å². The third-order valence-corrected chi connectivity index (χ3v) is 5.53. The van der Waals surface area contributed by atoms with E-state index in [1.165, 1.54) is 24.3 Å². The van der Waals surface area contributed by atoms with E-state index in [4.69, 9.17) is 4.74 Å². The Morgan fingerprint density at radius 3 is 2.70 bits per heavy atom. The third kappa shape index (κ3) is 4.73. The lowest BCUT2D eigenvalue weighted by molar-refractivity contribution is -0.111. The van der Waals surface area contributed by atoms with E-state index in [1.807, 2.05) is 30.3 Å². The summed E-state index contributed by atoms with van der Waals surface area (Å²) in [4.78, 5) is 38.3. The molecule has 0 radical (unpaired) electrons. The Kier molecular flexibility index (Phi) is 6.41. The van der Waals surface area contributed by atoms with Crippen LogP contribution in [0.3, 0.4) is 0 Å². The molecule has 0 aliphatic carbocycles. The fraction of sp³-hybridized carbons (Fsp3) is 0.0833. The van der Waals surface area contributed by atoms with Crippen LogP contribution in [0.25, 0.3) is 22.5 Å². The zero-order valence-electron chi connectivity index (χ0n) is 17.4. The van der Waals surface area contributed by atoms with E-state index in [-0.39, 0.29) is 33.8 Å². The molecule has 4 rings (SSSR count). The Morgan fingerprint density at radius 1 is 1.18 bits per heavy atom. The first kappa shape index (κ1) is 22.1. The van der Waals surface area contributed by atoms with Gasteiger partial charge in [-0.15, -0.1) is 11.3 Å². The second-order valence-electron chi connectivity index (χ2n) is 6.85. The average molecular weight is 463 g/mol. The predicted molar refractivity (Wildman–Crippen MR) is 125 cm³/mol. The Balaban J connectivity index is 1.80. The molecule has 2 aromatic heterocycles.